The molecular weight excluding hydrogens is 342 g/mol. The summed E-state index contributed by atoms with van der Waals surface area (Å²) < 4.78 is 15.9. The first-order chi connectivity index (χ1) is 12.1. The molecule has 6 nitrogen and oxygen atoms in total. The monoisotopic (exact) mass is 367 g/mol. The van der Waals surface area contributed by atoms with E-state index in [4.69, 9.17) is 14.2 Å². The summed E-state index contributed by atoms with van der Waals surface area (Å²) in [4.78, 5) is 25.8. The number of thioether (sulfide) groups is 1. The molecule has 1 aliphatic rings. The zero-order valence-corrected chi connectivity index (χ0v) is 15.8. The van der Waals surface area contributed by atoms with Crippen LogP contribution in [0.5, 0.6) is 11.5 Å². The van der Waals surface area contributed by atoms with Gasteiger partial charge in [-0.15, -0.1) is 11.8 Å². The van der Waals surface area contributed by atoms with Crippen molar-refractivity contribution in [3.8, 4) is 11.5 Å². The van der Waals surface area contributed by atoms with Gasteiger partial charge in [-0.2, -0.15) is 0 Å². The van der Waals surface area contributed by atoms with Gasteiger partial charge in [0, 0.05) is 11.6 Å². The Morgan fingerprint density at radius 1 is 1.28 bits per heavy atom. The Labute approximate surface area is 152 Å². The minimum atomic E-state index is -0.371. The summed E-state index contributed by atoms with van der Waals surface area (Å²) in [5.41, 5.74) is 0.845. The van der Waals surface area contributed by atoms with Gasteiger partial charge in [0.25, 0.3) is 0 Å². The van der Waals surface area contributed by atoms with Crippen LogP contribution in [0.15, 0.2) is 18.2 Å². The number of carbonyl (C=O) groups excluding carboxylic acids is 2. The number of rotatable bonds is 9. The van der Waals surface area contributed by atoms with Crippen LogP contribution < -0.4 is 9.47 Å². The number of unbranched alkanes of at least 4 members (excludes halogenated alkanes) is 2. The van der Waals surface area contributed by atoms with Crippen LogP contribution in [0.3, 0.4) is 0 Å². The van der Waals surface area contributed by atoms with Crippen LogP contribution in [0.2, 0.25) is 0 Å². The highest BCUT2D eigenvalue weighted by molar-refractivity contribution is 8.00. The summed E-state index contributed by atoms with van der Waals surface area (Å²) in [5, 5.41) is -0.267. The van der Waals surface area contributed by atoms with Gasteiger partial charge in [-0.25, -0.2) is 0 Å². The molecule has 1 amide bonds. The quantitative estimate of drug-likeness (QED) is 0.494. The minimum Gasteiger partial charge on any atom is -0.497 e. The van der Waals surface area contributed by atoms with E-state index in [0.717, 1.165) is 24.8 Å². The summed E-state index contributed by atoms with van der Waals surface area (Å²) in [5.74, 6) is 1.20. The molecule has 0 radical (unpaired) electrons. The number of ether oxygens (including phenoxy) is 3. The van der Waals surface area contributed by atoms with Gasteiger partial charge in [-0.3, -0.25) is 9.59 Å². The third kappa shape index (κ3) is 5.04. The Hall–Kier alpha value is -1.89. The molecule has 0 N–H and O–H groups in total. The molecule has 1 atom stereocenters. The molecule has 25 heavy (non-hydrogen) atoms. The highest BCUT2D eigenvalue weighted by atomic mass is 32.2. The molecule has 1 aliphatic heterocycles. The number of hydrogen-bond donors (Lipinski definition) is 0. The van der Waals surface area contributed by atoms with Gasteiger partial charge in [0.2, 0.25) is 5.91 Å². The van der Waals surface area contributed by atoms with Crippen LogP contribution >= 0.6 is 11.8 Å². The standard InChI is InChI=1S/C18H25NO5S/c1-4-5-6-9-24-17(21)11-19-16(20)12-25-18(19)14-8-7-13(22-2)10-15(14)23-3/h7-8,10,18H,4-6,9,11-12H2,1-3H3. The Morgan fingerprint density at radius 2 is 2.08 bits per heavy atom. The summed E-state index contributed by atoms with van der Waals surface area (Å²) in [7, 11) is 3.16. The first-order valence-corrected chi connectivity index (χ1v) is 9.44. The van der Waals surface area contributed by atoms with Gasteiger partial charge in [0.1, 0.15) is 23.4 Å². The lowest BCUT2D eigenvalue weighted by molar-refractivity contribution is -0.148. The van der Waals surface area contributed by atoms with E-state index in [0.29, 0.717) is 23.9 Å². The molecule has 0 aromatic heterocycles. The number of hydrogen-bond acceptors (Lipinski definition) is 6. The SMILES string of the molecule is CCCCCOC(=O)CN1C(=O)CSC1c1ccc(OC)cc1OC. The molecule has 7 heteroatoms. The maximum atomic E-state index is 12.2. The van der Waals surface area contributed by atoms with Crippen molar-refractivity contribution in [1.82, 2.24) is 4.90 Å². The van der Waals surface area contributed by atoms with Crippen LogP contribution in [0.25, 0.3) is 0 Å². The second-order valence-corrected chi connectivity index (χ2v) is 6.79. The lowest BCUT2D eigenvalue weighted by Gasteiger charge is -2.25. The zero-order chi connectivity index (χ0) is 18.2. The van der Waals surface area contributed by atoms with E-state index in [1.165, 1.54) is 11.8 Å². The fraction of sp³-hybridized carbons (Fsp3) is 0.556. The van der Waals surface area contributed by atoms with Gasteiger partial charge < -0.3 is 19.1 Å². The van der Waals surface area contributed by atoms with Crippen LogP contribution in [0, 0.1) is 0 Å². The average molecular weight is 367 g/mol. The number of methoxy groups -OCH3 is 2. The molecule has 1 saturated heterocycles. The van der Waals surface area contributed by atoms with Crippen molar-refractivity contribution in [2.45, 2.75) is 31.6 Å². The van der Waals surface area contributed by atoms with Crippen molar-refractivity contribution in [2.24, 2.45) is 0 Å². The fourth-order valence-corrected chi connectivity index (χ4v) is 3.84. The van der Waals surface area contributed by atoms with Crippen LogP contribution in [0.1, 0.15) is 37.1 Å². The minimum absolute atomic E-state index is 0.0438. The van der Waals surface area contributed by atoms with Gasteiger partial charge >= 0.3 is 5.97 Å². The van der Waals surface area contributed by atoms with Gasteiger partial charge in [-0.05, 0) is 18.6 Å². The molecule has 1 fully saturated rings. The van der Waals surface area contributed by atoms with Gasteiger partial charge in [-0.1, -0.05) is 19.8 Å². The van der Waals surface area contributed by atoms with E-state index < -0.39 is 0 Å². The van der Waals surface area contributed by atoms with E-state index >= 15 is 0 Å². The molecule has 0 saturated carbocycles. The van der Waals surface area contributed by atoms with Crippen molar-refractivity contribution in [3.05, 3.63) is 23.8 Å². The first kappa shape index (κ1) is 19.4. The molecule has 0 bridgehead atoms. The smallest absolute Gasteiger partial charge is 0.325 e. The predicted molar refractivity (Wildman–Crippen MR) is 96.9 cm³/mol. The molecule has 0 aliphatic carbocycles. The summed E-state index contributed by atoms with van der Waals surface area (Å²) in [6.45, 7) is 2.45. The third-order valence-electron chi connectivity index (χ3n) is 3.99. The van der Waals surface area contributed by atoms with Gasteiger partial charge in [0.05, 0.1) is 26.6 Å². The molecule has 1 aromatic rings. The number of esters is 1. The maximum Gasteiger partial charge on any atom is 0.325 e. The van der Waals surface area contributed by atoms with Crippen molar-refractivity contribution in [1.29, 1.82) is 0 Å². The number of benzene rings is 1. The topological polar surface area (TPSA) is 65.1 Å². The van der Waals surface area contributed by atoms with Crippen LogP contribution in [-0.4, -0.2) is 49.9 Å². The Bertz CT molecular complexity index is 607. The molecular formula is C18H25NO5S. The van der Waals surface area contributed by atoms with Crippen LogP contribution in [-0.2, 0) is 14.3 Å². The normalized spacial score (nSPS) is 16.8. The summed E-state index contributed by atoms with van der Waals surface area (Å²) in [6.07, 6.45) is 2.94. The van der Waals surface area contributed by atoms with Crippen molar-refractivity contribution in [2.75, 3.05) is 33.1 Å². The summed E-state index contributed by atoms with van der Waals surface area (Å²) >= 11 is 1.48. The number of nitrogens with zero attached hydrogens (tertiary/aromatic N) is 1. The average Bonchev–Trinajstić information content (AvgIpc) is 2.98. The Kier molecular flexibility index (Phi) is 7.43. The van der Waals surface area contributed by atoms with E-state index in [1.54, 1.807) is 25.2 Å². The lowest BCUT2D eigenvalue weighted by Crippen LogP contribution is -2.34. The van der Waals surface area contributed by atoms with Crippen molar-refractivity contribution >= 4 is 23.6 Å². The highest BCUT2D eigenvalue weighted by Crippen LogP contribution is 2.43. The third-order valence-corrected chi connectivity index (χ3v) is 5.22. The van der Waals surface area contributed by atoms with Crippen molar-refractivity contribution in [3.63, 3.8) is 0 Å². The molecule has 1 heterocycles. The fourth-order valence-electron chi connectivity index (χ4n) is 2.63. The Balaban J connectivity index is 2.07. The largest absolute Gasteiger partial charge is 0.497 e. The summed E-state index contributed by atoms with van der Waals surface area (Å²) in [6, 6.07) is 5.47. The van der Waals surface area contributed by atoms with E-state index in [9.17, 15) is 9.59 Å². The lowest BCUT2D eigenvalue weighted by atomic mass is 10.1. The highest BCUT2D eigenvalue weighted by Gasteiger charge is 2.36. The molecule has 1 unspecified atom stereocenters. The molecule has 0 spiro atoms. The zero-order valence-electron chi connectivity index (χ0n) is 14.9. The number of carbonyl (C=O) groups is 2. The van der Waals surface area contributed by atoms with Crippen LogP contribution in [0.4, 0.5) is 0 Å². The molecule has 138 valence electrons. The first-order valence-electron chi connectivity index (χ1n) is 8.39. The molecule has 2 rings (SSSR count). The van der Waals surface area contributed by atoms with E-state index in [2.05, 4.69) is 6.92 Å². The number of amides is 1. The van der Waals surface area contributed by atoms with Crippen molar-refractivity contribution < 1.29 is 23.8 Å². The maximum absolute atomic E-state index is 12.2. The second kappa shape index (κ2) is 9.56. The van der Waals surface area contributed by atoms with E-state index in [-0.39, 0.29) is 23.8 Å². The Morgan fingerprint density at radius 3 is 2.76 bits per heavy atom. The molecule has 1 aromatic carbocycles. The predicted octanol–water partition coefficient (Wildman–Crippen LogP) is 3.01. The van der Waals surface area contributed by atoms with Gasteiger partial charge in [0.15, 0.2) is 0 Å². The van der Waals surface area contributed by atoms with E-state index in [1.807, 2.05) is 12.1 Å². The second-order valence-electron chi connectivity index (χ2n) is 5.72.